The highest BCUT2D eigenvalue weighted by Crippen LogP contribution is 2.12. The molecule has 0 bridgehead atoms. The van der Waals surface area contributed by atoms with E-state index in [9.17, 15) is 0 Å². The highest BCUT2D eigenvalue weighted by atomic mass is 16.5. The first-order valence-corrected chi connectivity index (χ1v) is 5.84. The first-order chi connectivity index (χ1) is 7.20. The molecule has 1 unspecified atom stereocenters. The Balaban J connectivity index is 2.14. The molecule has 1 aliphatic rings. The van der Waals surface area contributed by atoms with Crippen molar-refractivity contribution in [3.8, 4) is 0 Å². The molecule has 0 radical (unpaired) electrons. The Morgan fingerprint density at radius 3 is 2.60 bits per heavy atom. The summed E-state index contributed by atoms with van der Waals surface area (Å²) in [4.78, 5) is 2.37. The van der Waals surface area contributed by atoms with Crippen molar-refractivity contribution in [3.63, 3.8) is 0 Å². The third-order valence-electron chi connectivity index (χ3n) is 3.14. The molecule has 0 saturated carbocycles. The summed E-state index contributed by atoms with van der Waals surface area (Å²) in [5.74, 6) is 0. The topological polar surface area (TPSA) is 47.7 Å². The largest absolute Gasteiger partial charge is 0.379 e. The van der Waals surface area contributed by atoms with Crippen LogP contribution in [0.25, 0.3) is 0 Å². The zero-order chi connectivity index (χ0) is 11.1. The van der Waals surface area contributed by atoms with Gasteiger partial charge < -0.3 is 15.2 Å². The molecular formula is C11H24N2O2. The molecule has 1 aliphatic heterocycles. The highest BCUT2D eigenvalue weighted by molar-refractivity contribution is 4.74. The second-order valence-corrected chi connectivity index (χ2v) is 4.31. The third kappa shape index (κ3) is 4.47. The summed E-state index contributed by atoms with van der Waals surface area (Å²) in [6, 6.07) is 0. The smallest absolute Gasteiger partial charge is 0.0774 e. The van der Waals surface area contributed by atoms with E-state index in [1.165, 1.54) is 0 Å². The summed E-state index contributed by atoms with van der Waals surface area (Å²) in [6.07, 6.45) is 0.965. The van der Waals surface area contributed by atoms with Crippen LogP contribution < -0.4 is 5.73 Å². The molecule has 0 aromatic heterocycles. The number of rotatable bonds is 6. The van der Waals surface area contributed by atoms with E-state index < -0.39 is 0 Å². The molecule has 0 aromatic carbocycles. The first-order valence-electron chi connectivity index (χ1n) is 5.84. The SMILES string of the molecule is CCC(C)(CN)OCCN1CCOCC1. The van der Waals surface area contributed by atoms with Gasteiger partial charge in [0.1, 0.15) is 0 Å². The number of ether oxygens (including phenoxy) is 2. The molecule has 0 amide bonds. The predicted octanol–water partition coefficient (Wildman–Crippen LogP) is 0.463. The number of morpholine rings is 1. The number of hydrogen-bond donors (Lipinski definition) is 1. The third-order valence-corrected chi connectivity index (χ3v) is 3.14. The molecule has 2 N–H and O–H groups in total. The maximum atomic E-state index is 5.82. The lowest BCUT2D eigenvalue weighted by molar-refractivity contribution is -0.0456. The van der Waals surface area contributed by atoms with Gasteiger partial charge in [-0.3, -0.25) is 4.90 Å². The minimum atomic E-state index is -0.147. The summed E-state index contributed by atoms with van der Waals surface area (Å²) >= 11 is 0. The van der Waals surface area contributed by atoms with Crippen molar-refractivity contribution in [2.24, 2.45) is 5.73 Å². The quantitative estimate of drug-likeness (QED) is 0.701. The van der Waals surface area contributed by atoms with Gasteiger partial charge in [-0.1, -0.05) is 6.92 Å². The van der Waals surface area contributed by atoms with Gasteiger partial charge in [0.2, 0.25) is 0 Å². The molecule has 1 rings (SSSR count). The van der Waals surface area contributed by atoms with Crippen molar-refractivity contribution in [1.82, 2.24) is 4.90 Å². The fourth-order valence-electron chi connectivity index (χ4n) is 1.55. The Labute approximate surface area is 92.7 Å². The Morgan fingerprint density at radius 2 is 2.07 bits per heavy atom. The van der Waals surface area contributed by atoms with Crippen molar-refractivity contribution >= 4 is 0 Å². The van der Waals surface area contributed by atoms with E-state index in [-0.39, 0.29) is 5.60 Å². The van der Waals surface area contributed by atoms with Crippen molar-refractivity contribution in [3.05, 3.63) is 0 Å². The van der Waals surface area contributed by atoms with E-state index >= 15 is 0 Å². The molecule has 4 nitrogen and oxygen atoms in total. The Hall–Kier alpha value is -0.160. The van der Waals surface area contributed by atoms with Crippen molar-refractivity contribution in [1.29, 1.82) is 0 Å². The molecule has 1 atom stereocenters. The van der Waals surface area contributed by atoms with Crippen LogP contribution in [0.1, 0.15) is 20.3 Å². The van der Waals surface area contributed by atoms with E-state index in [1.807, 2.05) is 0 Å². The van der Waals surface area contributed by atoms with Crippen LogP contribution >= 0.6 is 0 Å². The van der Waals surface area contributed by atoms with E-state index in [1.54, 1.807) is 0 Å². The van der Waals surface area contributed by atoms with Crippen LogP contribution in [0.3, 0.4) is 0 Å². The molecule has 1 saturated heterocycles. The zero-order valence-corrected chi connectivity index (χ0v) is 10.00. The van der Waals surface area contributed by atoms with Crippen molar-refractivity contribution in [2.45, 2.75) is 25.9 Å². The molecule has 90 valence electrons. The summed E-state index contributed by atoms with van der Waals surface area (Å²) in [7, 11) is 0. The van der Waals surface area contributed by atoms with E-state index in [0.717, 1.165) is 45.9 Å². The summed E-state index contributed by atoms with van der Waals surface area (Å²) in [5.41, 5.74) is 5.53. The molecule has 0 aliphatic carbocycles. The van der Waals surface area contributed by atoms with E-state index in [4.69, 9.17) is 15.2 Å². The number of nitrogens with zero attached hydrogens (tertiary/aromatic N) is 1. The van der Waals surface area contributed by atoms with Crippen LogP contribution in [-0.4, -0.2) is 56.5 Å². The monoisotopic (exact) mass is 216 g/mol. The average Bonchev–Trinajstić information content (AvgIpc) is 2.30. The summed E-state index contributed by atoms with van der Waals surface area (Å²) < 4.78 is 11.1. The standard InChI is InChI=1S/C11H24N2O2/c1-3-11(2,10-12)15-9-6-13-4-7-14-8-5-13/h3-10,12H2,1-2H3. The minimum absolute atomic E-state index is 0.147. The molecular weight excluding hydrogens is 192 g/mol. The van der Waals surface area contributed by atoms with Gasteiger partial charge in [0.15, 0.2) is 0 Å². The highest BCUT2D eigenvalue weighted by Gasteiger charge is 2.20. The summed E-state index contributed by atoms with van der Waals surface area (Å²) in [6.45, 7) is 10.3. The molecule has 0 aromatic rings. The Morgan fingerprint density at radius 1 is 1.40 bits per heavy atom. The van der Waals surface area contributed by atoms with Crippen LogP contribution in [0.15, 0.2) is 0 Å². The molecule has 4 heteroatoms. The zero-order valence-electron chi connectivity index (χ0n) is 10.00. The first kappa shape index (κ1) is 12.9. The second-order valence-electron chi connectivity index (χ2n) is 4.31. The normalized spacial score (nSPS) is 22.6. The molecule has 1 heterocycles. The number of hydrogen-bond acceptors (Lipinski definition) is 4. The Bertz CT molecular complexity index is 166. The predicted molar refractivity (Wildman–Crippen MR) is 61.0 cm³/mol. The van der Waals surface area contributed by atoms with Gasteiger partial charge >= 0.3 is 0 Å². The van der Waals surface area contributed by atoms with Gasteiger partial charge in [0.05, 0.1) is 25.4 Å². The van der Waals surface area contributed by atoms with Crippen LogP contribution in [0, 0.1) is 0 Å². The van der Waals surface area contributed by atoms with E-state index in [0.29, 0.717) is 6.54 Å². The Kier molecular flexibility index (Phi) is 5.53. The van der Waals surface area contributed by atoms with Crippen molar-refractivity contribution in [2.75, 3.05) is 46.0 Å². The van der Waals surface area contributed by atoms with Crippen LogP contribution in [0.5, 0.6) is 0 Å². The maximum absolute atomic E-state index is 5.82. The molecule has 15 heavy (non-hydrogen) atoms. The molecule has 1 fully saturated rings. The maximum Gasteiger partial charge on any atom is 0.0774 e. The lowest BCUT2D eigenvalue weighted by Gasteiger charge is -2.30. The van der Waals surface area contributed by atoms with Crippen LogP contribution in [0.2, 0.25) is 0 Å². The lowest BCUT2D eigenvalue weighted by atomic mass is 10.0. The number of nitrogens with two attached hydrogens (primary N) is 1. The van der Waals surface area contributed by atoms with Crippen molar-refractivity contribution < 1.29 is 9.47 Å². The van der Waals surface area contributed by atoms with Gasteiger partial charge in [-0.15, -0.1) is 0 Å². The lowest BCUT2D eigenvalue weighted by Crippen LogP contribution is -2.42. The van der Waals surface area contributed by atoms with Gasteiger partial charge in [-0.05, 0) is 13.3 Å². The molecule has 0 spiro atoms. The van der Waals surface area contributed by atoms with Crippen LogP contribution in [0.4, 0.5) is 0 Å². The van der Waals surface area contributed by atoms with Gasteiger partial charge in [0, 0.05) is 26.2 Å². The fraction of sp³-hybridized carbons (Fsp3) is 1.00. The van der Waals surface area contributed by atoms with Gasteiger partial charge in [-0.2, -0.15) is 0 Å². The second kappa shape index (κ2) is 6.43. The minimum Gasteiger partial charge on any atom is -0.379 e. The summed E-state index contributed by atoms with van der Waals surface area (Å²) in [5, 5.41) is 0. The fourth-order valence-corrected chi connectivity index (χ4v) is 1.55. The van der Waals surface area contributed by atoms with Gasteiger partial charge in [-0.25, -0.2) is 0 Å². The van der Waals surface area contributed by atoms with E-state index in [2.05, 4.69) is 18.7 Å². The van der Waals surface area contributed by atoms with Crippen LogP contribution in [-0.2, 0) is 9.47 Å². The average molecular weight is 216 g/mol. The van der Waals surface area contributed by atoms with Gasteiger partial charge in [0.25, 0.3) is 0 Å².